The van der Waals surface area contributed by atoms with E-state index in [1.54, 1.807) is 0 Å². The molecule has 0 saturated carbocycles. The Morgan fingerprint density at radius 1 is 1.64 bits per heavy atom. The van der Waals surface area contributed by atoms with E-state index < -0.39 is 24.2 Å². The van der Waals surface area contributed by atoms with Crippen LogP contribution in [0.15, 0.2) is 0 Å². The van der Waals surface area contributed by atoms with E-state index in [2.05, 4.69) is 5.32 Å². The van der Waals surface area contributed by atoms with Crippen LogP contribution in [-0.2, 0) is 4.79 Å². The van der Waals surface area contributed by atoms with E-state index in [4.69, 9.17) is 15.3 Å². The lowest BCUT2D eigenvalue weighted by Gasteiger charge is -2.09. The van der Waals surface area contributed by atoms with Crippen LogP contribution in [0.5, 0.6) is 0 Å². The molecule has 0 aromatic rings. The zero-order valence-corrected chi connectivity index (χ0v) is 5.90. The van der Waals surface area contributed by atoms with Gasteiger partial charge in [-0.3, -0.25) is 10.1 Å². The molecule has 0 amide bonds. The lowest BCUT2D eigenvalue weighted by atomic mass is 10.1. The zero-order valence-electron chi connectivity index (χ0n) is 5.90. The van der Waals surface area contributed by atoms with Crippen molar-refractivity contribution in [1.29, 1.82) is 0 Å². The highest BCUT2D eigenvalue weighted by Crippen LogP contribution is 2.12. The van der Waals surface area contributed by atoms with Crippen molar-refractivity contribution in [2.24, 2.45) is 0 Å². The van der Waals surface area contributed by atoms with Crippen LogP contribution < -0.4 is 5.32 Å². The third kappa shape index (κ3) is 1.68. The minimum Gasteiger partial charge on any atom is -0.480 e. The molecular weight excluding hydrogens is 150 g/mol. The van der Waals surface area contributed by atoms with E-state index in [0.717, 1.165) is 0 Å². The van der Waals surface area contributed by atoms with Gasteiger partial charge in [0.1, 0.15) is 6.04 Å². The number of aliphatic hydroxyl groups excluding tert-OH is 2. The number of hydrogen-bond donors (Lipinski definition) is 4. The Bertz CT molecular complexity index is 161. The molecule has 1 saturated heterocycles. The summed E-state index contributed by atoms with van der Waals surface area (Å²) in [6.45, 7) is -0.231. The number of carboxylic acid groups (broad SMARTS) is 1. The van der Waals surface area contributed by atoms with Crippen molar-refractivity contribution in [2.45, 2.75) is 24.6 Å². The van der Waals surface area contributed by atoms with E-state index in [-0.39, 0.29) is 13.0 Å². The van der Waals surface area contributed by atoms with Gasteiger partial charge in [0.05, 0.1) is 18.8 Å². The third-order valence-electron chi connectivity index (χ3n) is 1.85. The first-order valence-electron chi connectivity index (χ1n) is 3.43. The maximum absolute atomic E-state index is 10.4. The molecule has 11 heavy (non-hydrogen) atoms. The van der Waals surface area contributed by atoms with Crippen molar-refractivity contribution in [3.05, 3.63) is 0 Å². The first kappa shape index (κ1) is 8.45. The van der Waals surface area contributed by atoms with Crippen LogP contribution in [0.25, 0.3) is 0 Å². The fourth-order valence-corrected chi connectivity index (χ4v) is 1.19. The van der Waals surface area contributed by atoms with Gasteiger partial charge in [0, 0.05) is 6.42 Å². The highest BCUT2D eigenvalue weighted by atomic mass is 16.4. The lowest BCUT2D eigenvalue weighted by Crippen LogP contribution is -2.39. The lowest BCUT2D eigenvalue weighted by molar-refractivity contribution is -0.139. The largest absolute Gasteiger partial charge is 0.480 e. The molecule has 0 aliphatic carbocycles. The number of rotatable bonds is 2. The molecule has 0 bridgehead atoms. The molecule has 1 fully saturated rings. The standard InChI is InChI=1S/C6H11NO4/c8-2-4-5(9)1-3(7-4)6(10)11/h3-5,7-9H,1-2H2,(H,10,11)/t3-,4-,5-/m0/s1. The van der Waals surface area contributed by atoms with Crippen LogP contribution >= 0.6 is 0 Å². The van der Waals surface area contributed by atoms with E-state index in [9.17, 15) is 4.79 Å². The SMILES string of the molecule is O=C(O)[C@@H]1C[C@H](O)[C@H](CO)N1. The summed E-state index contributed by atoms with van der Waals surface area (Å²) in [7, 11) is 0. The number of aliphatic hydroxyl groups is 2. The van der Waals surface area contributed by atoms with E-state index in [1.165, 1.54) is 0 Å². The molecule has 4 N–H and O–H groups in total. The van der Waals surface area contributed by atoms with Gasteiger partial charge >= 0.3 is 5.97 Å². The molecular formula is C6H11NO4. The summed E-state index contributed by atoms with van der Waals surface area (Å²) in [5, 5.41) is 28.8. The normalized spacial score (nSPS) is 37.5. The van der Waals surface area contributed by atoms with Gasteiger partial charge in [-0.05, 0) is 0 Å². The molecule has 0 radical (unpaired) electrons. The van der Waals surface area contributed by atoms with Crippen LogP contribution in [0.2, 0.25) is 0 Å². The fraction of sp³-hybridized carbons (Fsp3) is 0.833. The molecule has 5 nitrogen and oxygen atoms in total. The first-order chi connectivity index (χ1) is 5.15. The van der Waals surface area contributed by atoms with Crippen molar-refractivity contribution in [3.8, 4) is 0 Å². The predicted molar refractivity (Wildman–Crippen MR) is 36.1 cm³/mol. The summed E-state index contributed by atoms with van der Waals surface area (Å²) in [6.07, 6.45) is -0.582. The molecule has 1 heterocycles. The highest BCUT2D eigenvalue weighted by Gasteiger charge is 2.35. The summed E-state index contributed by atoms with van der Waals surface area (Å²) >= 11 is 0. The molecule has 0 unspecified atom stereocenters. The van der Waals surface area contributed by atoms with Gasteiger partial charge in [0.15, 0.2) is 0 Å². The summed E-state index contributed by atoms with van der Waals surface area (Å²) in [6, 6.07) is -1.21. The molecule has 5 heteroatoms. The minimum atomic E-state index is -0.986. The van der Waals surface area contributed by atoms with Crippen LogP contribution in [0.3, 0.4) is 0 Å². The number of hydrogen-bond acceptors (Lipinski definition) is 4. The second-order valence-corrected chi connectivity index (χ2v) is 2.65. The van der Waals surface area contributed by atoms with Crippen LogP contribution in [-0.4, -0.2) is 46.1 Å². The van der Waals surface area contributed by atoms with Crippen LogP contribution in [0.4, 0.5) is 0 Å². The summed E-state index contributed by atoms with van der Waals surface area (Å²) in [4.78, 5) is 10.4. The van der Waals surface area contributed by atoms with Crippen molar-refractivity contribution in [3.63, 3.8) is 0 Å². The monoisotopic (exact) mass is 161 g/mol. The maximum atomic E-state index is 10.4. The molecule has 0 aromatic heterocycles. The van der Waals surface area contributed by atoms with Crippen molar-refractivity contribution in [2.75, 3.05) is 6.61 Å². The summed E-state index contributed by atoms with van der Waals surface area (Å²) in [5.74, 6) is -0.986. The molecule has 64 valence electrons. The van der Waals surface area contributed by atoms with Gasteiger partial charge < -0.3 is 15.3 Å². The molecule has 3 atom stereocenters. The first-order valence-corrected chi connectivity index (χ1v) is 3.43. The fourth-order valence-electron chi connectivity index (χ4n) is 1.19. The van der Waals surface area contributed by atoms with Gasteiger partial charge in [-0.1, -0.05) is 0 Å². The van der Waals surface area contributed by atoms with Gasteiger partial charge in [0.2, 0.25) is 0 Å². The van der Waals surface area contributed by atoms with Gasteiger partial charge in [-0.25, -0.2) is 0 Å². The summed E-state index contributed by atoms with van der Waals surface area (Å²) < 4.78 is 0. The number of carbonyl (C=O) groups is 1. The topological polar surface area (TPSA) is 89.8 Å². The molecule has 1 aliphatic rings. The number of carboxylic acids is 1. The molecule has 0 spiro atoms. The van der Waals surface area contributed by atoms with E-state index >= 15 is 0 Å². The molecule has 0 aromatic carbocycles. The quantitative estimate of drug-likeness (QED) is 0.382. The van der Waals surface area contributed by atoms with Gasteiger partial charge in [-0.2, -0.15) is 0 Å². The van der Waals surface area contributed by atoms with Crippen LogP contribution in [0, 0.1) is 0 Å². The second kappa shape index (κ2) is 3.17. The van der Waals surface area contributed by atoms with Crippen molar-refractivity contribution >= 4 is 5.97 Å². The summed E-state index contributed by atoms with van der Waals surface area (Å²) in [5.41, 5.74) is 0. The Labute approximate surface area is 63.7 Å². The zero-order chi connectivity index (χ0) is 8.43. The van der Waals surface area contributed by atoms with E-state index in [0.29, 0.717) is 0 Å². The minimum absolute atomic E-state index is 0.167. The van der Waals surface area contributed by atoms with Gasteiger partial charge in [-0.15, -0.1) is 0 Å². The Balaban J connectivity index is 2.49. The Morgan fingerprint density at radius 3 is 2.55 bits per heavy atom. The van der Waals surface area contributed by atoms with Crippen molar-refractivity contribution < 1.29 is 20.1 Å². The average molecular weight is 161 g/mol. The second-order valence-electron chi connectivity index (χ2n) is 2.65. The Morgan fingerprint density at radius 2 is 2.27 bits per heavy atom. The molecule has 1 rings (SSSR count). The molecule has 1 aliphatic heterocycles. The van der Waals surface area contributed by atoms with Crippen LogP contribution in [0.1, 0.15) is 6.42 Å². The Kier molecular flexibility index (Phi) is 2.43. The maximum Gasteiger partial charge on any atom is 0.320 e. The number of aliphatic carboxylic acids is 1. The Hall–Kier alpha value is -0.650. The van der Waals surface area contributed by atoms with E-state index in [1.807, 2.05) is 0 Å². The highest BCUT2D eigenvalue weighted by molar-refractivity contribution is 5.74. The average Bonchev–Trinajstić information content (AvgIpc) is 2.31. The number of nitrogens with one attached hydrogen (secondary N) is 1. The smallest absolute Gasteiger partial charge is 0.320 e. The van der Waals surface area contributed by atoms with Gasteiger partial charge in [0.25, 0.3) is 0 Å². The predicted octanol–water partition coefficient (Wildman–Crippen LogP) is -1.85. The third-order valence-corrected chi connectivity index (χ3v) is 1.85. The van der Waals surface area contributed by atoms with Crippen molar-refractivity contribution in [1.82, 2.24) is 5.32 Å².